The lowest BCUT2D eigenvalue weighted by molar-refractivity contribution is 0.0830. The third kappa shape index (κ3) is 3.05. The summed E-state index contributed by atoms with van der Waals surface area (Å²) < 4.78 is 4.89. The van der Waals surface area contributed by atoms with E-state index in [-0.39, 0.29) is 28.7 Å². The van der Waals surface area contributed by atoms with Crippen molar-refractivity contribution in [2.24, 2.45) is 0 Å². The molecule has 7 nitrogen and oxygen atoms in total. The SMILES string of the molecule is COc1cc(C#N)c(C(=O)N(C)C(=O)NC2CC2)cc1O. The Morgan fingerprint density at radius 1 is 1.48 bits per heavy atom. The van der Waals surface area contributed by atoms with E-state index in [1.165, 1.54) is 20.2 Å². The van der Waals surface area contributed by atoms with E-state index in [2.05, 4.69) is 5.32 Å². The summed E-state index contributed by atoms with van der Waals surface area (Å²) in [6.45, 7) is 0. The van der Waals surface area contributed by atoms with E-state index in [4.69, 9.17) is 10.00 Å². The van der Waals surface area contributed by atoms with Crippen LogP contribution < -0.4 is 10.1 Å². The number of hydrogen-bond donors (Lipinski definition) is 2. The number of ether oxygens (including phenoxy) is 1. The molecule has 0 bridgehead atoms. The van der Waals surface area contributed by atoms with Gasteiger partial charge in [0.1, 0.15) is 6.07 Å². The quantitative estimate of drug-likeness (QED) is 0.870. The predicted octanol–water partition coefficient (Wildman–Crippen LogP) is 1.22. The van der Waals surface area contributed by atoms with Crippen LogP contribution in [0.5, 0.6) is 11.5 Å². The third-order valence-electron chi connectivity index (χ3n) is 3.18. The molecule has 7 heteroatoms. The Morgan fingerprint density at radius 2 is 2.14 bits per heavy atom. The summed E-state index contributed by atoms with van der Waals surface area (Å²) in [5.74, 6) is -0.841. The van der Waals surface area contributed by atoms with Crippen LogP contribution in [0.3, 0.4) is 0 Å². The maximum absolute atomic E-state index is 12.3. The number of phenolic OH excluding ortho intramolecular Hbond substituents is 1. The first-order chi connectivity index (χ1) is 9.97. The van der Waals surface area contributed by atoms with Gasteiger partial charge in [0.05, 0.1) is 18.2 Å². The number of phenols is 1. The van der Waals surface area contributed by atoms with Crippen molar-refractivity contribution in [1.29, 1.82) is 5.26 Å². The Bertz CT molecular complexity index is 632. The topological polar surface area (TPSA) is 103 Å². The number of nitrogens with zero attached hydrogens (tertiary/aromatic N) is 2. The average Bonchev–Trinajstić information content (AvgIpc) is 3.29. The minimum Gasteiger partial charge on any atom is -0.504 e. The van der Waals surface area contributed by atoms with E-state index in [0.717, 1.165) is 23.8 Å². The van der Waals surface area contributed by atoms with Gasteiger partial charge in [-0.2, -0.15) is 5.26 Å². The number of nitriles is 1. The standard InChI is InChI=1S/C14H15N3O4/c1-17(14(20)16-9-3-4-9)13(19)10-6-11(18)12(21-2)5-8(10)7-15/h5-6,9,18H,3-4H2,1-2H3,(H,16,20). The van der Waals surface area contributed by atoms with Crippen LogP contribution >= 0.6 is 0 Å². The second kappa shape index (κ2) is 5.71. The molecule has 1 saturated carbocycles. The van der Waals surface area contributed by atoms with E-state index in [1.54, 1.807) is 0 Å². The van der Waals surface area contributed by atoms with Gasteiger partial charge in [-0.15, -0.1) is 0 Å². The van der Waals surface area contributed by atoms with Gasteiger partial charge in [0.15, 0.2) is 11.5 Å². The second-order valence-corrected chi connectivity index (χ2v) is 4.77. The monoisotopic (exact) mass is 289 g/mol. The highest BCUT2D eigenvalue weighted by Gasteiger charge is 2.28. The fourth-order valence-electron chi connectivity index (χ4n) is 1.77. The van der Waals surface area contributed by atoms with Crippen LogP contribution in [0.4, 0.5) is 4.79 Å². The van der Waals surface area contributed by atoms with Crippen molar-refractivity contribution in [2.45, 2.75) is 18.9 Å². The molecule has 0 saturated heterocycles. The Hall–Kier alpha value is -2.75. The summed E-state index contributed by atoms with van der Waals surface area (Å²) in [5.41, 5.74) is -0.0232. The first-order valence-corrected chi connectivity index (χ1v) is 6.37. The van der Waals surface area contributed by atoms with Gasteiger partial charge in [-0.1, -0.05) is 0 Å². The van der Waals surface area contributed by atoms with Gasteiger partial charge in [-0.05, 0) is 18.9 Å². The van der Waals surface area contributed by atoms with Gasteiger partial charge in [0, 0.05) is 19.2 Å². The molecule has 2 N–H and O–H groups in total. The second-order valence-electron chi connectivity index (χ2n) is 4.77. The molecule has 0 aliphatic heterocycles. The molecule has 21 heavy (non-hydrogen) atoms. The lowest BCUT2D eigenvalue weighted by Crippen LogP contribution is -2.42. The number of imide groups is 1. The first-order valence-electron chi connectivity index (χ1n) is 6.37. The van der Waals surface area contributed by atoms with Crippen molar-refractivity contribution in [3.05, 3.63) is 23.3 Å². The van der Waals surface area contributed by atoms with Crippen molar-refractivity contribution in [2.75, 3.05) is 14.2 Å². The largest absolute Gasteiger partial charge is 0.504 e. The Kier molecular flexibility index (Phi) is 3.98. The zero-order valence-corrected chi connectivity index (χ0v) is 11.7. The molecule has 2 rings (SSSR count). The fourth-order valence-corrected chi connectivity index (χ4v) is 1.77. The molecule has 0 atom stereocenters. The van der Waals surface area contributed by atoms with Gasteiger partial charge in [0.25, 0.3) is 5.91 Å². The van der Waals surface area contributed by atoms with Crippen molar-refractivity contribution in [3.8, 4) is 17.6 Å². The van der Waals surface area contributed by atoms with Gasteiger partial charge in [0.2, 0.25) is 0 Å². The van der Waals surface area contributed by atoms with Gasteiger partial charge in [-0.3, -0.25) is 9.69 Å². The number of aromatic hydroxyl groups is 1. The number of hydrogen-bond acceptors (Lipinski definition) is 5. The van der Waals surface area contributed by atoms with E-state index < -0.39 is 11.9 Å². The minimum atomic E-state index is -0.664. The summed E-state index contributed by atoms with van der Waals surface area (Å²) in [6.07, 6.45) is 1.81. The predicted molar refractivity (Wildman–Crippen MR) is 73.0 cm³/mol. The number of urea groups is 1. The molecule has 0 unspecified atom stereocenters. The van der Waals surface area contributed by atoms with Crippen molar-refractivity contribution in [1.82, 2.24) is 10.2 Å². The smallest absolute Gasteiger partial charge is 0.324 e. The Labute approximate surface area is 121 Å². The van der Waals surface area contributed by atoms with E-state index in [1.807, 2.05) is 6.07 Å². The summed E-state index contributed by atoms with van der Waals surface area (Å²) >= 11 is 0. The van der Waals surface area contributed by atoms with E-state index in [9.17, 15) is 14.7 Å². The number of carbonyl (C=O) groups excluding carboxylic acids is 2. The third-order valence-corrected chi connectivity index (χ3v) is 3.18. The zero-order chi connectivity index (χ0) is 15.6. The molecule has 110 valence electrons. The number of amides is 3. The van der Waals surface area contributed by atoms with Crippen LogP contribution in [0.25, 0.3) is 0 Å². The number of rotatable bonds is 3. The molecular weight excluding hydrogens is 274 g/mol. The highest BCUT2D eigenvalue weighted by molar-refractivity contribution is 6.05. The molecule has 1 aromatic rings. The molecule has 1 aromatic carbocycles. The summed E-state index contributed by atoms with van der Waals surface area (Å²) in [6, 6.07) is 3.83. The molecule has 1 fully saturated rings. The van der Waals surface area contributed by atoms with Crippen molar-refractivity contribution >= 4 is 11.9 Å². The number of carbonyl (C=O) groups is 2. The van der Waals surface area contributed by atoms with Gasteiger partial charge >= 0.3 is 6.03 Å². The molecule has 1 aliphatic carbocycles. The lowest BCUT2D eigenvalue weighted by atomic mass is 10.1. The maximum atomic E-state index is 12.3. The van der Waals surface area contributed by atoms with Crippen LogP contribution in [0, 0.1) is 11.3 Å². The van der Waals surface area contributed by atoms with Gasteiger partial charge in [-0.25, -0.2) is 4.79 Å². The summed E-state index contributed by atoms with van der Waals surface area (Å²) in [4.78, 5) is 25.0. The highest BCUT2D eigenvalue weighted by Crippen LogP contribution is 2.29. The molecule has 0 spiro atoms. The molecule has 1 aliphatic rings. The fraction of sp³-hybridized carbons (Fsp3) is 0.357. The molecule has 3 amide bonds. The van der Waals surface area contributed by atoms with E-state index >= 15 is 0 Å². The Morgan fingerprint density at radius 3 is 2.67 bits per heavy atom. The molecule has 0 heterocycles. The van der Waals surface area contributed by atoms with Gasteiger partial charge < -0.3 is 15.2 Å². The number of benzene rings is 1. The molecule has 0 radical (unpaired) electrons. The zero-order valence-electron chi connectivity index (χ0n) is 11.7. The lowest BCUT2D eigenvalue weighted by Gasteiger charge is -2.17. The van der Waals surface area contributed by atoms with Crippen LogP contribution in [0.1, 0.15) is 28.8 Å². The van der Waals surface area contributed by atoms with E-state index in [0.29, 0.717) is 0 Å². The molecule has 0 aromatic heterocycles. The summed E-state index contributed by atoms with van der Waals surface area (Å²) in [7, 11) is 2.66. The normalized spacial score (nSPS) is 13.2. The maximum Gasteiger partial charge on any atom is 0.324 e. The number of nitrogens with one attached hydrogen (secondary N) is 1. The van der Waals surface area contributed by atoms with Crippen LogP contribution in [-0.2, 0) is 0 Å². The highest BCUT2D eigenvalue weighted by atomic mass is 16.5. The van der Waals surface area contributed by atoms with Crippen molar-refractivity contribution in [3.63, 3.8) is 0 Å². The number of methoxy groups -OCH3 is 1. The molecular formula is C14H15N3O4. The Balaban J connectivity index is 2.27. The average molecular weight is 289 g/mol. The summed E-state index contributed by atoms with van der Waals surface area (Å²) in [5, 5.41) is 21.5. The van der Waals surface area contributed by atoms with Crippen LogP contribution in [0.2, 0.25) is 0 Å². The van der Waals surface area contributed by atoms with Crippen LogP contribution in [0.15, 0.2) is 12.1 Å². The van der Waals surface area contributed by atoms with Crippen molar-refractivity contribution < 1.29 is 19.4 Å². The van der Waals surface area contributed by atoms with Crippen LogP contribution in [-0.4, -0.2) is 42.1 Å². The minimum absolute atomic E-state index is 0.0284. The first kappa shape index (κ1) is 14.7.